The van der Waals surface area contributed by atoms with Gasteiger partial charge in [-0.25, -0.2) is 4.79 Å². The van der Waals surface area contributed by atoms with E-state index < -0.39 is 11.5 Å². The Bertz CT molecular complexity index is 301. The molecule has 0 bridgehead atoms. The van der Waals surface area contributed by atoms with Gasteiger partial charge in [0.1, 0.15) is 5.54 Å². The fourth-order valence-corrected chi connectivity index (χ4v) is 2.03. The second-order valence-electron chi connectivity index (χ2n) is 5.75. The van der Waals surface area contributed by atoms with Gasteiger partial charge < -0.3 is 15.7 Å². The average Bonchev–Trinajstić information content (AvgIpc) is 2.63. The average molecular weight is 242 g/mol. The third-order valence-electron chi connectivity index (χ3n) is 3.02. The molecule has 3 N–H and O–H groups in total. The van der Waals surface area contributed by atoms with Gasteiger partial charge >= 0.3 is 5.97 Å². The molecule has 0 spiro atoms. The molecule has 0 aliphatic heterocycles. The summed E-state index contributed by atoms with van der Waals surface area (Å²) in [7, 11) is 0. The van der Waals surface area contributed by atoms with E-state index in [0.717, 1.165) is 12.8 Å². The molecule has 0 aromatic heterocycles. The van der Waals surface area contributed by atoms with Crippen LogP contribution >= 0.6 is 0 Å². The monoisotopic (exact) mass is 242 g/mol. The number of rotatable bonds is 4. The molecule has 5 nitrogen and oxygen atoms in total. The van der Waals surface area contributed by atoms with Crippen molar-refractivity contribution in [1.29, 1.82) is 0 Å². The zero-order valence-electron chi connectivity index (χ0n) is 10.8. The van der Waals surface area contributed by atoms with E-state index in [-0.39, 0.29) is 18.0 Å². The molecule has 5 heteroatoms. The largest absolute Gasteiger partial charge is 0.480 e. The van der Waals surface area contributed by atoms with Crippen molar-refractivity contribution >= 4 is 11.9 Å². The van der Waals surface area contributed by atoms with Crippen molar-refractivity contribution in [3.63, 3.8) is 0 Å². The molecule has 0 aromatic rings. The number of carboxylic acids is 1. The minimum atomic E-state index is -1.03. The highest BCUT2D eigenvalue weighted by Crippen LogP contribution is 2.29. The summed E-state index contributed by atoms with van der Waals surface area (Å²) in [5.41, 5.74) is -1.18. The van der Waals surface area contributed by atoms with Gasteiger partial charge in [-0.1, -0.05) is 12.8 Å². The molecule has 0 aromatic carbocycles. The van der Waals surface area contributed by atoms with E-state index >= 15 is 0 Å². The molecule has 1 saturated carbocycles. The summed E-state index contributed by atoms with van der Waals surface area (Å²) < 4.78 is 0. The van der Waals surface area contributed by atoms with Crippen molar-refractivity contribution in [2.45, 2.75) is 57.5 Å². The fourth-order valence-electron chi connectivity index (χ4n) is 2.03. The van der Waals surface area contributed by atoms with Crippen LogP contribution in [0.15, 0.2) is 0 Å². The van der Waals surface area contributed by atoms with E-state index in [1.54, 1.807) is 0 Å². The van der Waals surface area contributed by atoms with Crippen molar-refractivity contribution in [1.82, 2.24) is 10.6 Å². The van der Waals surface area contributed by atoms with Crippen LogP contribution in [0, 0.1) is 0 Å². The summed E-state index contributed by atoms with van der Waals surface area (Å²) in [6.07, 6.45) is 2.78. The first kappa shape index (κ1) is 14.0. The van der Waals surface area contributed by atoms with Crippen LogP contribution in [0.2, 0.25) is 0 Å². The van der Waals surface area contributed by atoms with E-state index in [1.807, 2.05) is 20.8 Å². The maximum Gasteiger partial charge on any atom is 0.329 e. The fraction of sp³-hybridized carbons (Fsp3) is 0.833. The van der Waals surface area contributed by atoms with Gasteiger partial charge in [-0.05, 0) is 33.6 Å². The Kier molecular flexibility index (Phi) is 4.14. The number of carbonyl (C=O) groups is 2. The second kappa shape index (κ2) is 5.04. The zero-order valence-corrected chi connectivity index (χ0v) is 10.8. The molecule has 1 rings (SSSR count). The van der Waals surface area contributed by atoms with Crippen LogP contribution in [-0.4, -0.2) is 34.6 Å². The van der Waals surface area contributed by atoms with E-state index in [9.17, 15) is 14.7 Å². The van der Waals surface area contributed by atoms with Crippen molar-refractivity contribution in [3.05, 3.63) is 0 Å². The van der Waals surface area contributed by atoms with Gasteiger partial charge in [0.15, 0.2) is 0 Å². The van der Waals surface area contributed by atoms with Crippen LogP contribution < -0.4 is 10.6 Å². The van der Waals surface area contributed by atoms with E-state index in [0.29, 0.717) is 12.8 Å². The maximum absolute atomic E-state index is 11.7. The van der Waals surface area contributed by atoms with Crippen LogP contribution in [-0.2, 0) is 9.59 Å². The van der Waals surface area contributed by atoms with Crippen molar-refractivity contribution in [2.75, 3.05) is 6.54 Å². The number of amides is 1. The number of hydrogen-bond acceptors (Lipinski definition) is 3. The lowest BCUT2D eigenvalue weighted by Crippen LogP contribution is -2.55. The summed E-state index contributed by atoms with van der Waals surface area (Å²) >= 11 is 0. The first-order valence-electron chi connectivity index (χ1n) is 6.05. The smallest absolute Gasteiger partial charge is 0.329 e. The molecule has 1 aliphatic rings. The molecule has 1 aliphatic carbocycles. The maximum atomic E-state index is 11.7. The standard InChI is InChI=1S/C12H22N2O3/c1-11(2,3)13-8-9(15)14-12(10(16)17)6-4-5-7-12/h13H,4-8H2,1-3H3,(H,14,15)(H,16,17). The van der Waals surface area contributed by atoms with Gasteiger partial charge in [0.2, 0.25) is 5.91 Å². The molecular formula is C12H22N2O3. The molecule has 0 saturated heterocycles. The number of nitrogens with one attached hydrogen (secondary N) is 2. The normalized spacial score (nSPS) is 19.0. The quantitative estimate of drug-likeness (QED) is 0.684. The molecule has 0 heterocycles. The number of hydrogen-bond donors (Lipinski definition) is 3. The Morgan fingerprint density at radius 1 is 1.24 bits per heavy atom. The first-order valence-corrected chi connectivity index (χ1v) is 6.05. The summed E-state index contributed by atoms with van der Waals surface area (Å²) in [4.78, 5) is 22.9. The Balaban J connectivity index is 2.51. The van der Waals surface area contributed by atoms with Gasteiger partial charge in [-0.15, -0.1) is 0 Å². The minimum Gasteiger partial charge on any atom is -0.480 e. The van der Waals surface area contributed by atoms with Gasteiger partial charge in [-0.2, -0.15) is 0 Å². The van der Waals surface area contributed by atoms with Crippen LogP contribution in [0.3, 0.4) is 0 Å². The predicted molar refractivity (Wildman–Crippen MR) is 64.7 cm³/mol. The lowest BCUT2D eigenvalue weighted by atomic mass is 9.98. The molecule has 17 heavy (non-hydrogen) atoms. The third kappa shape index (κ3) is 4.00. The molecule has 1 fully saturated rings. The summed E-state index contributed by atoms with van der Waals surface area (Å²) in [5, 5.41) is 14.9. The van der Waals surface area contributed by atoms with Gasteiger partial charge in [0.25, 0.3) is 0 Å². The van der Waals surface area contributed by atoms with E-state index in [1.165, 1.54) is 0 Å². The minimum absolute atomic E-state index is 0.149. The Morgan fingerprint density at radius 3 is 2.18 bits per heavy atom. The Labute approximate surface area is 102 Å². The summed E-state index contributed by atoms with van der Waals surface area (Å²) in [5.74, 6) is -1.16. The van der Waals surface area contributed by atoms with E-state index in [2.05, 4.69) is 10.6 Å². The summed E-state index contributed by atoms with van der Waals surface area (Å²) in [6, 6.07) is 0. The van der Waals surface area contributed by atoms with Crippen LogP contribution in [0.4, 0.5) is 0 Å². The molecule has 0 unspecified atom stereocenters. The highest BCUT2D eigenvalue weighted by molar-refractivity contribution is 5.88. The van der Waals surface area contributed by atoms with E-state index in [4.69, 9.17) is 0 Å². The number of carbonyl (C=O) groups excluding carboxylic acids is 1. The Hall–Kier alpha value is -1.10. The third-order valence-corrected chi connectivity index (χ3v) is 3.02. The molecule has 0 atom stereocenters. The van der Waals surface area contributed by atoms with Gasteiger partial charge in [-0.3, -0.25) is 4.79 Å². The second-order valence-corrected chi connectivity index (χ2v) is 5.75. The molecule has 0 radical (unpaired) electrons. The highest BCUT2D eigenvalue weighted by Gasteiger charge is 2.42. The van der Waals surface area contributed by atoms with Crippen molar-refractivity contribution in [2.24, 2.45) is 0 Å². The van der Waals surface area contributed by atoms with Crippen LogP contribution in [0.1, 0.15) is 46.5 Å². The van der Waals surface area contributed by atoms with Crippen LogP contribution in [0.25, 0.3) is 0 Å². The Morgan fingerprint density at radius 2 is 1.76 bits per heavy atom. The van der Waals surface area contributed by atoms with Crippen molar-refractivity contribution in [3.8, 4) is 0 Å². The molecular weight excluding hydrogens is 220 g/mol. The lowest BCUT2D eigenvalue weighted by molar-refractivity contribution is -0.147. The molecule has 98 valence electrons. The van der Waals surface area contributed by atoms with Crippen molar-refractivity contribution < 1.29 is 14.7 Å². The topological polar surface area (TPSA) is 78.4 Å². The highest BCUT2D eigenvalue weighted by atomic mass is 16.4. The predicted octanol–water partition coefficient (Wildman–Crippen LogP) is 0.888. The lowest BCUT2D eigenvalue weighted by Gasteiger charge is -2.27. The van der Waals surface area contributed by atoms with Gasteiger partial charge in [0, 0.05) is 5.54 Å². The summed E-state index contributed by atoms with van der Waals surface area (Å²) in [6.45, 7) is 6.03. The van der Waals surface area contributed by atoms with Gasteiger partial charge in [0.05, 0.1) is 6.54 Å². The number of aliphatic carboxylic acids is 1. The SMILES string of the molecule is CC(C)(C)NCC(=O)NC1(C(=O)O)CCCC1. The van der Waals surface area contributed by atoms with Crippen LogP contribution in [0.5, 0.6) is 0 Å². The number of carboxylic acid groups (broad SMARTS) is 1. The zero-order chi connectivity index (χ0) is 13.1. The molecule has 1 amide bonds. The first-order chi connectivity index (χ1) is 7.75.